The van der Waals surface area contributed by atoms with E-state index in [1.165, 1.54) is 0 Å². The molecule has 9 heteroatoms. The van der Waals surface area contributed by atoms with Crippen LogP contribution in [-0.4, -0.2) is 62.8 Å². The molecule has 36 heavy (non-hydrogen) atoms. The Kier molecular flexibility index (Phi) is 7.49. The standard InChI is InChI=1S/C27H34N4O5/c1-5-19-15-21-23(27(35)31(19)20-9-7-6-8-10-20)25(36-17(2)3)24(29(21)4)26(34)28-18-11-13-30(14-12-18)22(33)16-32/h6-10,15,17-18,32H,5,11-14,16H2,1-4H3,(H,28,34). The first kappa shape index (κ1) is 25.5. The number of nitrogens with one attached hydrogen (secondary N) is 1. The van der Waals surface area contributed by atoms with Crippen molar-refractivity contribution in [2.75, 3.05) is 19.7 Å². The topological polar surface area (TPSA) is 106 Å². The van der Waals surface area contributed by atoms with Crippen LogP contribution in [0.2, 0.25) is 0 Å². The highest BCUT2D eigenvalue weighted by Gasteiger charge is 2.30. The second kappa shape index (κ2) is 10.6. The zero-order valence-corrected chi connectivity index (χ0v) is 21.3. The lowest BCUT2D eigenvalue weighted by atomic mass is 10.0. The van der Waals surface area contributed by atoms with Crippen molar-refractivity contribution in [3.8, 4) is 11.4 Å². The molecule has 9 nitrogen and oxygen atoms in total. The molecular formula is C27H34N4O5. The number of rotatable bonds is 7. The summed E-state index contributed by atoms with van der Waals surface area (Å²) in [7, 11) is 1.78. The number of benzene rings is 1. The third-order valence-corrected chi connectivity index (χ3v) is 6.67. The number of fused-ring (bicyclic) bond motifs is 1. The molecular weight excluding hydrogens is 460 g/mol. The highest BCUT2D eigenvalue weighted by molar-refractivity contribution is 6.04. The van der Waals surface area contributed by atoms with Gasteiger partial charge in [-0.2, -0.15) is 0 Å². The Balaban J connectivity index is 1.77. The van der Waals surface area contributed by atoms with E-state index in [0.29, 0.717) is 48.9 Å². The molecule has 2 aromatic heterocycles. The second-order valence-corrected chi connectivity index (χ2v) is 9.42. The van der Waals surface area contributed by atoms with Crippen LogP contribution >= 0.6 is 0 Å². The molecule has 0 radical (unpaired) electrons. The van der Waals surface area contributed by atoms with E-state index in [4.69, 9.17) is 9.84 Å². The summed E-state index contributed by atoms with van der Waals surface area (Å²) in [4.78, 5) is 40.8. The van der Waals surface area contributed by atoms with Crippen molar-refractivity contribution < 1.29 is 19.4 Å². The number of amides is 2. The van der Waals surface area contributed by atoms with Gasteiger partial charge >= 0.3 is 0 Å². The number of aliphatic hydroxyl groups is 1. The number of carbonyl (C=O) groups is 2. The average molecular weight is 495 g/mol. The summed E-state index contributed by atoms with van der Waals surface area (Å²) >= 11 is 0. The van der Waals surface area contributed by atoms with E-state index in [-0.39, 0.29) is 35.3 Å². The Labute approximate surface area is 210 Å². The van der Waals surface area contributed by atoms with Crippen molar-refractivity contribution in [1.82, 2.24) is 19.4 Å². The van der Waals surface area contributed by atoms with Crippen LogP contribution in [0, 0.1) is 0 Å². The Morgan fingerprint density at radius 1 is 1.17 bits per heavy atom. The lowest BCUT2D eigenvalue weighted by molar-refractivity contribution is -0.135. The number of ether oxygens (including phenoxy) is 1. The lowest BCUT2D eigenvalue weighted by Gasteiger charge is -2.32. The molecule has 0 saturated carbocycles. The Morgan fingerprint density at radius 3 is 2.42 bits per heavy atom. The predicted molar refractivity (Wildman–Crippen MR) is 138 cm³/mol. The van der Waals surface area contributed by atoms with Crippen LogP contribution in [0.4, 0.5) is 0 Å². The maximum atomic E-state index is 13.9. The fraction of sp³-hybridized carbons (Fsp3) is 0.444. The molecule has 4 rings (SSSR count). The predicted octanol–water partition coefficient (Wildman–Crippen LogP) is 2.39. The average Bonchev–Trinajstić information content (AvgIpc) is 3.15. The zero-order valence-electron chi connectivity index (χ0n) is 21.3. The largest absolute Gasteiger partial charge is 0.488 e. The number of aliphatic hydroxyl groups excluding tert-OH is 1. The van der Waals surface area contributed by atoms with Gasteiger partial charge in [-0.15, -0.1) is 0 Å². The van der Waals surface area contributed by atoms with Gasteiger partial charge in [0.05, 0.1) is 11.6 Å². The number of para-hydroxylation sites is 1. The van der Waals surface area contributed by atoms with Gasteiger partial charge in [0.15, 0.2) is 11.4 Å². The number of hydrogen-bond acceptors (Lipinski definition) is 5. The smallest absolute Gasteiger partial charge is 0.272 e. The van der Waals surface area contributed by atoms with Gasteiger partial charge in [0.1, 0.15) is 12.0 Å². The summed E-state index contributed by atoms with van der Waals surface area (Å²) in [6, 6.07) is 11.3. The molecule has 2 amide bonds. The Bertz CT molecular complexity index is 1320. The normalized spacial score (nSPS) is 14.4. The number of aryl methyl sites for hydroxylation is 2. The minimum absolute atomic E-state index is 0.127. The maximum Gasteiger partial charge on any atom is 0.272 e. The Morgan fingerprint density at radius 2 is 1.83 bits per heavy atom. The quantitative estimate of drug-likeness (QED) is 0.525. The van der Waals surface area contributed by atoms with Crippen molar-refractivity contribution in [3.63, 3.8) is 0 Å². The Hall–Kier alpha value is -3.59. The molecule has 3 aromatic rings. The van der Waals surface area contributed by atoms with E-state index in [9.17, 15) is 14.4 Å². The summed E-state index contributed by atoms with van der Waals surface area (Å²) in [6.07, 6.45) is 1.56. The number of hydrogen-bond donors (Lipinski definition) is 2. The molecule has 1 aromatic carbocycles. The number of pyridine rings is 1. The van der Waals surface area contributed by atoms with Gasteiger partial charge in [-0.3, -0.25) is 19.0 Å². The van der Waals surface area contributed by atoms with Crippen LogP contribution in [0.25, 0.3) is 16.6 Å². The van der Waals surface area contributed by atoms with Crippen molar-refractivity contribution in [2.24, 2.45) is 7.05 Å². The van der Waals surface area contributed by atoms with Crippen molar-refractivity contribution in [3.05, 3.63) is 58.1 Å². The van der Waals surface area contributed by atoms with Crippen LogP contribution in [0.5, 0.6) is 5.75 Å². The van der Waals surface area contributed by atoms with Crippen LogP contribution < -0.4 is 15.6 Å². The van der Waals surface area contributed by atoms with Crippen LogP contribution in [0.1, 0.15) is 49.8 Å². The molecule has 0 bridgehead atoms. The van der Waals surface area contributed by atoms with Crippen molar-refractivity contribution >= 4 is 22.7 Å². The van der Waals surface area contributed by atoms with Gasteiger partial charge in [-0.05, 0) is 51.3 Å². The molecule has 0 unspecified atom stereocenters. The summed E-state index contributed by atoms with van der Waals surface area (Å²) in [5.74, 6) is -0.340. The van der Waals surface area contributed by atoms with Crippen molar-refractivity contribution in [2.45, 2.75) is 52.2 Å². The van der Waals surface area contributed by atoms with E-state index in [0.717, 1.165) is 11.4 Å². The molecule has 1 saturated heterocycles. The van der Waals surface area contributed by atoms with Gasteiger partial charge in [-0.25, -0.2) is 0 Å². The van der Waals surface area contributed by atoms with E-state index in [2.05, 4.69) is 5.32 Å². The minimum Gasteiger partial charge on any atom is -0.488 e. The molecule has 1 fully saturated rings. The lowest BCUT2D eigenvalue weighted by Crippen LogP contribution is -2.47. The number of nitrogens with zero attached hydrogens (tertiary/aromatic N) is 3. The minimum atomic E-state index is -0.511. The number of likely N-dealkylation sites (tertiary alicyclic amines) is 1. The molecule has 2 N–H and O–H groups in total. The maximum absolute atomic E-state index is 13.9. The van der Waals surface area contributed by atoms with Crippen LogP contribution in [-0.2, 0) is 18.3 Å². The summed E-state index contributed by atoms with van der Waals surface area (Å²) < 4.78 is 9.55. The van der Waals surface area contributed by atoms with Gasteiger partial charge in [0.25, 0.3) is 11.5 Å². The van der Waals surface area contributed by atoms with E-state index < -0.39 is 6.61 Å². The summed E-state index contributed by atoms with van der Waals surface area (Å²) in [5, 5.41) is 12.5. The fourth-order valence-electron chi connectivity index (χ4n) is 4.87. The molecule has 0 spiro atoms. The van der Waals surface area contributed by atoms with Gasteiger partial charge in [0.2, 0.25) is 5.91 Å². The molecule has 192 valence electrons. The summed E-state index contributed by atoms with van der Waals surface area (Å²) in [6.45, 7) is 6.15. The first-order valence-electron chi connectivity index (χ1n) is 12.5. The van der Waals surface area contributed by atoms with E-state index in [1.54, 1.807) is 21.1 Å². The number of carbonyl (C=O) groups excluding carboxylic acids is 2. The third kappa shape index (κ3) is 4.75. The SMILES string of the molecule is CCc1cc2c(c(OC(C)C)c(C(=O)NC3CCN(C(=O)CO)CC3)n2C)c(=O)n1-c1ccccc1. The monoisotopic (exact) mass is 494 g/mol. The number of aromatic nitrogens is 2. The third-order valence-electron chi connectivity index (χ3n) is 6.67. The van der Waals surface area contributed by atoms with E-state index >= 15 is 0 Å². The van der Waals surface area contributed by atoms with Gasteiger partial charge in [-0.1, -0.05) is 25.1 Å². The van der Waals surface area contributed by atoms with Gasteiger partial charge < -0.3 is 24.6 Å². The fourth-order valence-corrected chi connectivity index (χ4v) is 4.87. The first-order valence-corrected chi connectivity index (χ1v) is 12.5. The molecule has 1 aliphatic heterocycles. The molecule has 0 atom stereocenters. The molecule has 1 aliphatic rings. The zero-order chi connectivity index (χ0) is 26.0. The first-order chi connectivity index (χ1) is 17.3. The number of piperidine rings is 1. The highest BCUT2D eigenvalue weighted by Crippen LogP contribution is 2.33. The molecule has 0 aliphatic carbocycles. The van der Waals surface area contributed by atoms with Crippen molar-refractivity contribution in [1.29, 1.82) is 0 Å². The van der Waals surface area contributed by atoms with Gasteiger partial charge in [0, 0.05) is 37.6 Å². The molecule has 3 heterocycles. The van der Waals surface area contributed by atoms with Crippen LogP contribution in [0.3, 0.4) is 0 Å². The van der Waals surface area contributed by atoms with Crippen LogP contribution in [0.15, 0.2) is 41.2 Å². The second-order valence-electron chi connectivity index (χ2n) is 9.42. The highest BCUT2D eigenvalue weighted by atomic mass is 16.5. The van der Waals surface area contributed by atoms with E-state index in [1.807, 2.05) is 57.2 Å². The summed E-state index contributed by atoms with van der Waals surface area (Å²) in [5.41, 5.74) is 2.32.